The molecule has 0 aromatic rings. The van der Waals surface area contributed by atoms with Crippen LogP contribution in [0.2, 0.25) is 0 Å². The quantitative estimate of drug-likeness (QED) is 0.582. The van der Waals surface area contributed by atoms with E-state index in [1.165, 1.54) is 19.3 Å². The predicted molar refractivity (Wildman–Crippen MR) is 63.8 cm³/mol. The number of carbonyl (C=O) groups excluding carboxylic acids is 1. The molecule has 1 fully saturated rings. The van der Waals surface area contributed by atoms with E-state index in [-0.39, 0.29) is 0 Å². The van der Waals surface area contributed by atoms with E-state index < -0.39 is 11.4 Å². The normalized spacial score (nSPS) is 19.4. The number of carbonyl (C=O) groups is 1. The SMILES string of the molecule is CC(N)(CCCCOCCC1CC1)C(N)=O. The average Bonchev–Trinajstić information content (AvgIpc) is 2.99. The van der Waals surface area contributed by atoms with E-state index >= 15 is 0 Å². The molecule has 1 saturated carbocycles. The molecular weight excluding hydrogens is 204 g/mol. The first kappa shape index (κ1) is 13.5. The summed E-state index contributed by atoms with van der Waals surface area (Å²) in [6.07, 6.45) is 6.44. The molecule has 1 unspecified atom stereocenters. The van der Waals surface area contributed by atoms with Gasteiger partial charge in [0.1, 0.15) is 0 Å². The van der Waals surface area contributed by atoms with Gasteiger partial charge in [-0.15, -0.1) is 0 Å². The molecule has 0 aliphatic heterocycles. The molecule has 1 aliphatic rings. The molecule has 1 aliphatic carbocycles. The lowest BCUT2D eigenvalue weighted by Crippen LogP contribution is -2.49. The smallest absolute Gasteiger partial charge is 0.237 e. The summed E-state index contributed by atoms with van der Waals surface area (Å²) in [5.41, 5.74) is 10.0. The third-order valence-corrected chi connectivity index (χ3v) is 3.17. The summed E-state index contributed by atoms with van der Waals surface area (Å²) >= 11 is 0. The number of hydrogen-bond acceptors (Lipinski definition) is 3. The minimum absolute atomic E-state index is 0.429. The van der Waals surface area contributed by atoms with Gasteiger partial charge in [0.15, 0.2) is 0 Å². The standard InChI is InChI=1S/C12H24N2O2/c1-12(14,11(13)15)7-2-3-8-16-9-6-10-4-5-10/h10H,2-9,14H2,1H3,(H2,13,15). The van der Waals surface area contributed by atoms with E-state index in [0.29, 0.717) is 6.42 Å². The Labute approximate surface area is 97.7 Å². The molecule has 0 aromatic carbocycles. The molecule has 4 heteroatoms. The number of hydrogen-bond donors (Lipinski definition) is 2. The molecule has 0 bridgehead atoms. The van der Waals surface area contributed by atoms with Crippen LogP contribution in [0.15, 0.2) is 0 Å². The molecule has 0 radical (unpaired) electrons. The maximum Gasteiger partial charge on any atom is 0.237 e. The monoisotopic (exact) mass is 228 g/mol. The number of primary amides is 1. The van der Waals surface area contributed by atoms with Crippen LogP contribution >= 0.6 is 0 Å². The van der Waals surface area contributed by atoms with Crippen molar-refractivity contribution in [3.8, 4) is 0 Å². The number of ether oxygens (including phenoxy) is 1. The zero-order chi connectivity index (χ0) is 12.0. The first-order chi connectivity index (χ1) is 7.52. The van der Waals surface area contributed by atoms with Gasteiger partial charge in [0.05, 0.1) is 5.54 Å². The largest absolute Gasteiger partial charge is 0.381 e. The first-order valence-corrected chi connectivity index (χ1v) is 6.19. The number of amides is 1. The number of rotatable bonds is 9. The lowest BCUT2D eigenvalue weighted by molar-refractivity contribution is -0.122. The van der Waals surface area contributed by atoms with E-state index in [1.54, 1.807) is 6.92 Å². The highest BCUT2D eigenvalue weighted by molar-refractivity contribution is 5.83. The van der Waals surface area contributed by atoms with Crippen molar-refractivity contribution in [1.82, 2.24) is 0 Å². The summed E-state index contributed by atoms with van der Waals surface area (Å²) in [6.45, 7) is 3.32. The molecule has 1 atom stereocenters. The molecule has 4 N–H and O–H groups in total. The van der Waals surface area contributed by atoms with Crippen LogP contribution in [0.3, 0.4) is 0 Å². The fourth-order valence-corrected chi connectivity index (χ4v) is 1.58. The van der Waals surface area contributed by atoms with Crippen molar-refractivity contribution >= 4 is 5.91 Å². The van der Waals surface area contributed by atoms with Crippen molar-refractivity contribution in [2.75, 3.05) is 13.2 Å². The summed E-state index contributed by atoms with van der Waals surface area (Å²) in [5, 5.41) is 0. The summed E-state index contributed by atoms with van der Waals surface area (Å²) in [4.78, 5) is 10.9. The van der Waals surface area contributed by atoms with Crippen LogP contribution in [0.25, 0.3) is 0 Å². The maximum atomic E-state index is 10.9. The van der Waals surface area contributed by atoms with E-state index in [1.807, 2.05) is 0 Å². The molecule has 1 amide bonds. The Kier molecular flexibility index (Phi) is 5.22. The van der Waals surface area contributed by atoms with Gasteiger partial charge < -0.3 is 16.2 Å². The molecule has 0 heterocycles. The molecular formula is C12H24N2O2. The third kappa shape index (κ3) is 5.47. The summed E-state index contributed by atoms with van der Waals surface area (Å²) in [5.74, 6) is 0.504. The van der Waals surface area contributed by atoms with Crippen molar-refractivity contribution < 1.29 is 9.53 Å². The molecule has 0 aromatic heterocycles. The van der Waals surface area contributed by atoms with Gasteiger partial charge in [0.2, 0.25) is 5.91 Å². The van der Waals surface area contributed by atoms with Crippen molar-refractivity contribution in [3.63, 3.8) is 0 Å². The fourth-order valence-electron chi connectivity index (χ4n) is 1.58. The van der Waals surface area contributed by atoms with Crippen LogP contribution in [0.5, 0.6) is 0 Å². The van der Waals surface area contributed by atoms with Crippen molar-refractivity contribution in [2.24, 2.45) is 17.4 Å². The highest BCUT2D eigenvalue weighted by Gasteiger charge is 2.24. The zero-order valence-electron chi connectivity index (χ0n) is 10.2. The van der Waals surface area contributed by atoms with Gasteiger partial charge in [-0.2, -0.15) is 0 Å². The lowest BCUT2D eigenvalue weighted by Gasteiger charge is -2.19. The number of nitrogens with two attached hydrogens (primary N) is 2. The van der Waals surface area contributed by atoms with Crippen molar-refractivity contribution in [3.05, 3.63) is 0 Å². The van der Waals surface area contributed by atoms with Gasteiger partial charge in [-0.1, -0.05) is 12.8 Å². The summed E-state index contributed by atoms with van der Waals surface area (Å²) in [7, 11) is 0. The van der Waals surface area contributed by atoms with Gasteiger partial charge in [0.25, 0.3) is 0 Å². The van der Waals surface area contributed by atoms with Crippen LogP contribution in [0.4, 0.5) is 0 Å². The van der Waals surface area contributed by atoms with E-state index in [2.05, 4.69) is 0 Å². The Hall–Kier alpha value is -0.610. The molecule has 94 valence electrons. The highest BCUT2D eigenvalue weighted by atomic mass is 16.5. The van der Waals surface area contributed by atoms with Crippen molar-refractivity contribution in [2.45, 2.75) is 51.0 Å². The Morgan fingerprint density at radius 1 is 1.38 bits per heavy atom. The fraction of sp³-hybridized carbons (Fsp3) is 0.917. The Bertz CT molecular complexity index is 225. The Balaban J connectivity index is 1.88. The van der Waals surface area contributed by atoms with Crippen LogP contribution < -0.4 is 11.5 Å². The predicted octanol–water partition coefficient (Wildman–Crippen LogP) is 1.18. The first-order valence-electron chi connectivity index (χ1n) is 6.19. The van der Waals surface area contributed by atoms with Crippen LogP contribution in [0.1, 0.15) is 45.4 Å². The van der Waals surface area contributed by atoms with Crippen molar-refractivity contribution in [1.29, 1.82) is 0 Å². The maximum absolute atomic E-state index is 10.9. The third-order valence-electron chi connectivity index (χ3n) is 3.17. The molecule has 0 saturated heterocycles. The van der Waals surface area contributed by atoms with E-state index in [4.69, 9.17) is 16.2 Å². The zero-order valence-corrected chi connectivity index (χ0v) is 10.2. The van der Waals surface area contributed by atoms with Crippen LogP contribution in [-0.2, 0) is 9.53 Å². The second-order valence-electron chi connectivity index (χ2n) is 5.08. The Morgan fingerprint density at radius 2 is 2.06 bits per heavy atom. The summed E-state index contributed by atoms with van der Waals surface area (Å²) < 4.78 is 5.50. The van der Waals surface area contributed by atoms with Gasteiger partial charge in [0, 0.05) is 13.2 Å². The highest BCUT2D eigenvalue weighted by Crippen LogP contribution is 2.32. The van der Waals surface area contributed by atoms with E-state index in [0.717, 1.165) is 32.0 Å². The van der Waals surface area contributed by atoms with E-state index in [9.17, 15) is 4.79 Å². The minimum atomic E-state index is -0.867. The van der Waals surface area contributed by atoms with Crippen LogP contribution in [-0.4, -0.2) is 24.7 Å². The average molecular weight is 228 g/mol. The Morgan fingerprint density at radius 3 is 2.62 bits per heavy atom. The summed E-state index contributed by atoms with van der Waals surface area (Å²) in [6, 6.07) is 0. The molecule has 4 nitrogen and oxygen atoms in total. The molecule has 1 rings (SSSR count). The molecule has 0 spiro atoms. The number of unbranched alkanes of at least 4 members (excludes halogenated alkanes) is 1. The van der Waals surface area contributed by atoms with Gasteiger partial charge in [-0.3, -0.25) is 4.79 Å². The minimum Gasteiger partial charge on any atom is -0.381 e. The van der Waals surface area contributed by atoms with Crippen LogP contribution in [0, 0.1) is 5.92 Å². The van der Waals surface area contributed by atoms with Gasteiger partial charge in [-0.05, 0) is 38.5 Å². The second-order valence-corrected chi connectivity index (χ2v) is 5.08. The second kappa shape index (κ2) is 6.21. The lowest BCUT2D eigenvalue weighted by atomic mass is 9.96. The molecule has 16 heavy (non-hydrogen) atoms. The van der Waals surface area contributed by atoms with Gasteiger partial charge >= 0.3 is 0 Å². The van der Waals surface area contributed by atoms with Gasteiger partial charge in [-0.25, -0.2) is 0 Å². The topological polar surface area (TPSA) is 78.3 Å².